The number of hydrogen-bond donors (Lipinski definition) is 3. The fourth-order valence-electron chi connectivity index (χ4n) is 3.44. The summed E-state index contributed by atoms with van der Waals surface area (Å²) in [6.45, 7) is 0. The van der Waals surface area contributed by atoms with Crippen molar-refractivity contribution < 1.29 is 27.8 Å². The highest BCUT2D eigenvalue weighted by Gasteiger charge is 2.24. The van der Waals surface area contributed by atoms with Gasteiger partial charge in [-0.05, 0) is 30.3 Å². The second-order valence-electron chi connectivity index (χ2n) is 7.41. The van der Waals surface area contributed by atoms with Crippen LogP contribution in [0.1, 0.15) is 10.5 Å². The number of methoxy groups -OCH3 is 1. The predicted octanol–water partition coefficient (Wildman–Crippen LogP) is 3.86. The van der Waals surface area contributed by atoms with E-state index in [1.807, 2.05) is 4.72 Å². The first-order valence-corrected chi connectivity index (χ1v) is 11.6. The van der Waals surface area contributed by atoms with E-state index in [9.17, 15) is 33.4 Å². The fourth-order valence-corrected chi connectivity index (χ4v) is 4.45. The van der Waals surface area contributed by atoms with Crippen LogP contribution >= 0.6 is 0 Å². The summed E-state index contributed by atoms with van der Waals surface area (Å²) in [6.07, 6.45) is 0. The summed E-state index contributed by atoms with van der Waals surface area (Å²) in [5.74, 6) is -0.544. The lowest BCUT2D eigenvalue weighted by Crippen LogP contribution is -2.30. The van der Waals surface area contributed by atoms with Gasteiger partial charge in [0.1, 0.15) is 17.0 Å². The summed E-state index contributed by atoms with van der Waals surface area (Å²) in [6, 6.07) is 15.0. The quantitative estimate of drug-likeness (QED) is 0.233. The Hall–Kier alpha value is -4.98. The van der Waals surface area contributed by atoms with E-state index in [0.717, 1.165) is 18.2 Å². The molecule has 3 N–H and O–H groups in total. The van der Waals surface area contributed by atoms with Crippen LogP contribution in [-0.4, -0.2) is 36.3 Å². The van der Waals surface area contributed by atoms with Crippen molar-refractivity contribution in [2.24, 2.45) is 0 Å². The minimum atomic E-state index is -4.48. The average Bonchev–Trinajstić information content (AvgIpc) is 3.30. The van der Waals surface area contributed by atoms with Crippen molar-refractivity contribution in [2.75, 3.05) is 12.4 Å². The number of fused-ring (bicyclic) bond motifs is 1. The highest BCUT2D eigenvalue weighted by Crippen LogP contribution is 2.34. The Bertz CT molecular complexity index is 1630. The van der Waals surface area contributed by atoms with Crippen LogP contribution < -0.4 is 14.8 Å². The number of nitro groups is 2. The van der Waals surface area contributed by atoms with E-state index in [0.29, 0.717) is 17.1 Å². The van der Waals surface area contributed by atoms with Gasteiger partial charge in [0, 0.05) is 41.0 Å². The molecule has 0 atom stereocenters. The molecule has 0 fully saturated rings. The van der Waals surface area contributed by atoms with Gasteiger partial charge < -0.3 is 15.0 Å². The van der Waals surface area contributed by atoms with Gasteiger partial charge in [-0.15, -0.1) is 0 Å². The second-order valence-corrected chi connectivity index (χ2v) is 9.09. The Kier molecular flexibility index (Phi) is 6.27. The van der Waals surface area contributed by atoms with Crippen molar-refractivity contribution >= 4 is 49.6 Å². The van der Waals surface area contributed by atoms with E-state index in [-0.39, 0.29) is 22.3 Å². The van der Waals surface area contributed by atoms with Crippen LogP contribution in [0.4, 0.5) is 22.7 Å². The van der Waals surface area contributed by atoms with Crippen molar-refractivity contribution in [3.63, 3.8) is 0 Å². The van der Waals surface area contributed by atoms with Gasteiger partial charge in [-0.1, -0.05) is 12.1 Å². The second kappa shape index (κ2) is 9.34. The summed E-state index contributed by atoms with van der Waals surface area (Å²) >= 11 is 0. The van der Waals surface area contributed by atoms with Gasteiger partial charge in [0.2, 0.25) is 0 Å². The van der Waals surface area contributed by atoms with E-state index >= 15 is 0 Å². The van der Waals surface area contributed by atoms with Gasteiger partial charge in [0.15, 0.2) is 0 Å². The Balaban J connectivity index is 1.71. The molecule has 0 radical (unpaired) electrons. The van der Waals surface area contributed by atoms with Crippen LogP contribution in [0.2, 0.25) is 0 Å². The first kappa shape index (κ1) is 24.2. The molecule has 184 valence electrons. The number of carbonyl (C=O) groups excluding carboxylic acids is 1. The maximum absolute atomic E-state index is 12.8. The average molecular weight is 511 g/mol. The normalized spacial score (nSPS) is 11.1. The number of non-ortho nitro benzene ring substituents is 2. The van der Waals surface area contributed by atoms with Crippen molar-refractivity contribution in [1.29, 1.82) is 0 Å². The topological polar surface area (TPSA) is 187 Å². The lowest BCUT2D eigenvalue weighted by Gasteiger charge is -2.09. The molecule has 0 bridgehead atoms. The third-order valence-corrected chi connectivity index (χ3v) is 6.46. The highest BCUT2D eigenvalue weighted by atomic mass is 32.2. The summed E-state index contributed by atoms with van der Waals surface area (Å²) in [5, 5.41) is 25.9. The molecule has 4 aromatic rings. The van der Waals surface area contributed by atoms with Crippen LogP contribution in [-0.2, 0) is 10.0 Å². The molecule has 0 unspecified atom stereocenters. The van der Waals surface area contributed by atoms with Crippen molar-refractivity contribution in [3.05, 3.63) is 92.7 Å². The van der Waals surface area contributed by atoms with Gasteiger partial charge in [0.25, 0.3) is 27.3 Å². The number of hydrogen-bond acceptors (Lipinski definition) is 9. The Morgan fingerprint density at radius 1 is 0.972 bits per heavy atom. The standard InChI is InChI=1S/C22H17N5O8S/c1-35-15-6-2-4-13(10-15)23-18-8-9-20(27(31)32)21-17(18)12-19(24-21)22(28)25-36(33,34)16-7-3-5-14(11-16)26(29)30/h2-12,23-24H,1H3,(H,25,28). The molecule has 0 aliphatic heterocycles. The number of nitro benzene ring substituents is 2. The molecule has 0 spiro atoms. The van der Waals surface area contributed by atoms with E-state index in [1.165, 1.54) is 31.4 Å². The third kappa shape index (κ3) is 4.78. The molecule has 1 heterocycles. The number of H-pyrrole nitrogens is 1. The fraction of sp³-hybridized carbons (Fsp3) is 0.0455. The summed E-state index contributed by atoms with van der Waals surface area (Å²) in [7, 11) is -2.98. The number of rotatable bonds is 8. The van der Waals surface area contributed by atoms with Crippen LogP contribution in [0.15, 0.2) is 71.6 Å². The smallest absolute Gasteiger partial charge is 0.293 e. The summed E-state index contributed by atoms with van der Waals surface area (Å²) in [4.78, 5) is 36.0. The summed E-state index contributed by atoms with van der Waals surface area (Å²) in [5.41, 5.74) is -0.0833. The largest absolute Gasteiger partial charge is 0.497 e. The van der Waals surface area contributed by atoms with Crippen LogP contribution in [0.5, 0.6) is 5.75 Å². The van der Waals surface area contributed by atoms with Gasteiger partial charge in [-0.2, -0.15) is 0 Å². The first-order valence-electron chi connectivity index (χ1n) is 10.1. The Labute approximate surface area is 203 Å². The molecular weight excluding hydrogens is 494 g/mol. The zero-order chi connectivity index (χ0) is 26.0. The number of aromatic nitrogens is 1. The monoisotopic (exact) mass is 511 g/mol. The van der Waals surface area contributed by atoms with Crippen LogP contribution in [0.25, 0.3) is 10.9 Å². The number of benzene rings is 3. The molecular formula is C22H17N5O8S. The molecule has 1 aromatic heterocycles. The first-order chi connectivity index (χ1) is 17.1. The number of nitrogens with one attached hydrogen (secondary N) is 3. The number of sulfonamides is 1. The number of amides is 1. The maximum atomic E-state index is 12.8. The highest BCUT2D eigenvalue weighted by molar-refractivity contribution is 7.90. The van der Waals surface area contributed by atoms with E-state index in [2.05, 4.69) is 10.3 Å². The summed E-state index contributed by atoms with van der Waals surface area (Å²) < 4.78 is 32.3. The van der Waals surface area contributed by atoms with Crippen molar-refractivity contribution in [1.82, 2.24) is 9.71 Å². The number of carbonyl (C=O) groups is 1. The molecule has 0 aliphatic carbocycles. The van der Waals surface area contributed by atoms with Gasteiger partial charge in [0.05, 0.1) is 21.9 Å². The molecule has 3 aromatic carbocycles. The molecule has 0 saturated heterocycles. The number of anilines is 2. The predicted molar refractivity (Wildman–Crippen MR) is 129 cm³/mol. The Morgan fingerprint density at radius 3 is 2.42 bits per heavy atom. The zero-order valence-electron chi connectivity index (χ0n) is 18.4. The molecule has 0 aliphatic rings. The number of nitrogens with zero attached hydrogens (tertiary/aromatic N) is 2. The third-order valence-electron chi connectivity index (χ3n) is 5.13. The van der Waals surface area contributed by atoms with E-state index in [1.54, 1.807) is 24.3 Å². The molecule has 1 amide bonds. The molecule has 14 heteroatoms. The van der Waals surface area contributed by atoms with Gasteiger partial charge in [-0.25, -0.2) is 13.1 Å². The van der Waals surface area contributed by atoms with Gasteiger partial charge in [-0.3, -0.25) is 25.0 Å². The van der Waals surface area contributed by atoms with Crippen molar-refractivity contribution in [3.8, 4) is 5.75 Å². The Morgan fingerprint density at radius 2 is 1.72 bits per heavy atom. The van der Waals surface area contributed by atoms with Crippen LogP contribution in [0, 0.1) is 20.2 Å². The lowest BCUT2D eigenvalue weighted by molar-refractivity contribution is -0.385. The zero-order valence-corrected chi connectivity index (χ0v) is 19.2. The minimum absolute atomic E-state index is 0.00852. The van der Waals surface area contributed by atoms with Crippen LogP contribution in [0.3, 0.4) is 0 Å². The minimum Gasteiger partial charge on any atom is -0.497 e. The van der Waals surface area contributed by atoms with Gasteiger partial charge >= 0.3 is 0 Å². The van der Waals surface area contributed by atoms with E-state index < -0.39 is 36.4 Å². The van der Waals surface area contributed by atoms with Crippen molar-refractivity contribution in [2.45, 2.75) is 4.90 Å². The maximum Gasteiger partial charge on any atom is 0.293 e. The SMILES string of the molecule is COc1cccc(Nc2ccc([N+](=O)[O-])c3[nH]c(C(=O)NS(=O)(=O)c4cccc([N+](=O)[O-])c4)cc23)c1. The molecule has 36 heavy (non-hydrogen) atoms. The number of aromatic amines is 1. The van der Waals surface area contributed by atoms with E-state index in [4.69, 9.17) is 4.74 Å². The molecule has 4 rings (SSSR count). The lowest BCUT2D eigenvalue weighted by atomic mass is 10.1. The molecule has 0 saturated carbocycles. The number of ether oxygens (including phenoxy) is 1. The molecule has 13 nitrogen and oxygen atoms in total.